The molecule has 2 heterocycles. The van der Waals surface area contributed by atoms with Gasteiger partial charge < -0.3 is 14.7 Å². The number of carbonyl (C=O) groups excluding carboxylic acids is 1. The molecule has 1 aliphatic rings. The van der Waals surface area contributed by atoms with E-state index in [0.717, 1.165) is 11.1 Å². The van der Waals surface area contributed by atoms with Crippen molar-refractivity contribution in [2.75, 3.05) is 26.3 Å². The molecule has 1 aliphatic heterocycles. The van der Waals surface area contributed by atoms with Crippen LogP contribution in [0.25, 0.3) is 0 Å². The first-order valence-electron chi connectivity index (χ1n) is 7.81. The van der Waals surface area contributed by atoms with E-state index >= 15 is 0 Å². The number of aromatic amines is 1. The second kappa shape index (κ2) is 6.93. The molecule has 0 spiro atoms. The number of aromatic nitrogens is 2. The fourth-order valence-corrected chi connectivity index (χ4v) is 3.22. The molecule has 0 unspecified atom stereocenters. The Balaban J connectivity index is 1.79. The van der Waals surface area contributed by atoms with Crippen LogP contribution < -0.4 is 0 Å². The molecule has 1 saturated heterocycles. The molecule has 0 saturated carbocycles. The van der Waals surface area contributed by atoms with E-state index in [1.807, 2.05) is 25.1 Å². The van der Waals surface area contributed by atoms with Gasteiger partial charge >= 0.3 is 0 Å². The van der Waals surface area contributed by atoms with Gasteiger partial charge in [-0.05, 0) is 12.5 Å². The number of nitrogens with zero attached hydrogens (tertiary/aromatic N) is 2. The number of hydrogen-bond acceptors (Lipinski definition) is 4. The van der Waals surface area contributed by atoms with Crippen LogP contribution >= 0.6 is 11.6 Å². The highest BCUT2D eigenvalue weighted by molar-refractivity contribution is 6.33. The van der Waals surface area contributed by atoms with Crippen molar-refractivity contribution >= 4 is 17.5 Å². The molecule has 1 fully saturated rings. The number of rotatable bonds is 4. The van der Waals surface area contributed by atoms with Gasteiger partial charge in [-0.2, -0.15) is 5.10 Å². The van der Waals surface area contributed by atoms with E-state index in [2.05, 4.69) is 16.3 Å². The van der Waals surface area contributed by atoms with Crippen LogP contribution in [-0.4, -0.2) is 58.0 Å². The van der Waals surface area contributed by atoms with Gasteiger partial charge in [-0.25, -0.2) is 0 Å². The molecule has 1 aromatic heterocycles. The van der Waals surface area contributed by atoms with Crippen LogP contribution in [0.1, 0.15) is 21.6 Å². The van der Waals surface area contributed by atoms with E-state index in [-0.39, 0.29) is 18.2 Å². The lowest BCUT2D eigenvalue weighted by atomic mass is 9.92. The fraction of sp³-hybridized carbons (Fsp3) is 0.412. The Kier molecular flexibility index (Phi) is 4.89. The molecule has 2 N–H and O–H groups in total. The summed E-state index contributed by atoms with van der Waals surface area (Å²) in [6.07, 6.45) is 1.94. The highest BCUT2D eigenvalue weighted by Crippen LogP contribution is 2.25. The molecule has 6 nitrogen and oxygen atoms in total. The largest absolute Gasteiger partial charge is 0.393 e. The number of nitrogens with one attached hydrogen (secondary N) is 1. The number of hydrogen-bond donors (Lipinski definition) is 2. The Morgan fingerprint density at radius 2 is 2.38 bits per heavy atom. The minimum atomic E-state index is -0.811. The van der Waals surface area contributed by atoms with Gasteiger partial charge in [0.1, 0.15) is 11.3 Å². The molecular weight excluding hydrogens is 330 g/mol. The summed E-state index contributed by atoms with van der Waals surface area (Å²) in [5.74, 6) is -0.233. The molecule has 24 heavy (non-hydrogen) atoms. The monoisotopic (exact) mass is 349 g/mol. The molecule has 7 heteroatoms. The number of halogens is 1. The van der Waals surface area contributed by atoms with Gasteiger partial charge in [0, 0.05) is 13.0 Å². The first-order chi connectivity index (χ1) is 11.5. The van der Waals surface area contributed by atoms with Gasteiger partial charge in [0.15, 0.2) is 0 Å². The predicted octanol–water partition coefficient (Wildman–Crippen LogP) is 1.82. The van der Waals surface area contributed by atoms with Crippen LogP contribution in [0.15, 0.2) is 30.5 Å². The van der Waals surface area contributed by atoms with Gasteiger partial charge in [-0.15, -0.1) is 0 Å². The summed E-state index contributed by atoms with van der Waals surface area (Å²) in [5, 5.41) is 16.7. The predicted molar refractivity (Wildman–Crippen MR) is 90.2 cm³/mol. The summed E-state index contributed by atoms with van der Waals surface area (Å²) in [4.78, 5) is 14.3. The third-order valence-corrected chi connectivity index (χ3v) is 4.53. The summed E-state index contributed by atoms with van der Waals surface area (Å²) >= 11 is 5.98. The van der Waals surface area contributed by atoms with Crippen LogP contribution in [-0.2, 0) is 11.2 Å². The molecule has 2 aromatic rings. The number of carbonyl (C=O) groups is 1. The van der Waals surface area contributed by atoms with Crippen molar-refractivity contribution in [1.82, 2.24) is 15.1 Å². The second-order valence-electron chi connectivity index (χ2n) is 6.18. The maximum Gasteiger partial charge on any atom is 0.273 e. The Labute approximate surface area is 145 Å². The highest BCUT2D eigenvalue weighted by Gasteiger charge is 2.39. The maximum atomic E-state index is 12.6. The minimum absolute atomic E-state index is 0.165. The Morgan fingerprint density at radius 1 is 1.54 bits per heavy atom. The fourth-order valence-electron chi connectivity index (χ4n) is 3.05. The Bertz CT molecular complexity index is 733. The van der Waals surface area contributed by atoms with Gasteiger partial charge in [-0.3, -0.25) is 9.89 Å². The van der Waals surface area contributed by atoms with E-state index < -0.39 is 5.60 Å². The molecule has 3 rings (SSSR count). The van der Waals surface area contributed by atoms with Crippen molar-refractivity contribution in [1.29, 1.82) is 0 Å². The summed E-state index contributed by atoms with van der Waals surface area (Å²) in [7, 11) is 0. The zero-order valence-corrected chi connectivity index (χ0v) is 14.2. The normalized spacial score (nSPS) is 21.0. The number of ether oxygens (including phenoxy) is 1. The van der Waals surface area contributed by atoms with Crippen molar-refractivity contribution in [3.63, 3.8) is 0 Å². The third kappa shape index (κ3) is 3.45. The quantitative estimate of drug-likeness (QED) is 0.882. The van der Waals surface area contributed by atoms with Gasteiger partial charge in [0.2, 0.25) is 0 Å². The smallest absolute Gasteiger partial charge is 0.273 e. The summed E-state index contributed by atoms with van der Waals surface area (Å²) in [6, 6.07) is 8.06. The lowest BCUT2D eigenvalue weighted by molar-refractivity contribution is -0.123. The van der Waals surface area contributed by atoms with Crippen molar-refractivity contribution in [2.45, 2.75) is 18.9 Å². The van der Waals surface area contributed by atoms with Crippen molar-refractivity contribution < 1.29 is 14.6 Å². The van der Waals surface area contributed by atoms with E-state index in [1.54, 1.807) is 4.90 Å². The number of aliphatic hydroxyl groups excluding tert-OH is 1. The second-order valence-corrected chi connectivity index (χ2v) is 6.58. The third-order valence-electron chi connectivity index (χ3n) is 4.24. The van der Waals surface area contributed by atoms with Crippen molar-refractivity contribution in [3.8, 4) is 0 Å². The average molecular weight is 350 g/mol. The van der Waals surface area contributed by atoms with E-state index in [0.29, 0.717) is 31.1 Å². The number of aliphatic hydroxyl groups is 1. The van der Waals surface area contributed by atoms with E-state index in [9.17, 15) is 9.90 Å². The number of amides is 1. The van der Waals surface area contributed by atoms with Crippen LogP contribution in [0.4, 0.5) is 0 Å². The lowest BCUT2D eigenvalue weighted by Crippen LogP contribution is -2.56. The molecule has 0 aliphatic carbocycles. The Morgan fingerprint density at radius 3 is 3.04 bits per heavy atom. The van der Waals surface area contributed by atoms with E-state index in [1.165, 1.54) is 6.20 Å². The number of morpholine rings is 1. The Hall–Kier alpha value is -1.89. The zero-order valence-electron chi connectivity index (χ0n) is 13.5. The zero-order chi connectivity index (χ0) is 17.2. The first-order valence-corrected chi connectivity index (χ1v) is 8.19. The molecule has 128 valence electrons. The number of H-pyrrole nitrogens is 1. The number of aryl methyl sites for hydroxylation is 1. The van der Waals surface area contributed by atoms with Crippen LogP contribution in [0, 0.1) is 6.92 Å². The molecule has 1 atom stereocenters. The number of benzene rings is 1. The van der Waals surface area contributed by atoms with Gasteiger partial charge in [0.05, 0.1) is 31.0 Å². The van der Waals surface area contributed by atoms with Crippen LogP contribution in [0.2, 0.25) is 5.02 Å². The van der Waals surface area contributed by atoms with E-state index in [4.69, 9.17) is 16.3 Å². The van der Waals surface area contributed by atoms with Crippen molar-refractivity contribution in [3.05, 3.63) is 52.3 Å². The SMILES string of the molecule is Cc1cccc(C[C@]2(CO)CN(C(=O)c3[nH]ncc3Cl)CCO2)c1. The molecule has 1 aromatic carbocycles. The first kappa shape index (κ1) is 17.0. The maximum absolute atomic E-state index is 12.6. The van der Waals surface area contributed by atoms with Crippen LogP contribution in [0.5, 0.6) is 0 Å². The molecular formula is C17H20ClN3O3. The minimum Gasteiger partial charge on any atom is -0.393 e. The molecule has 0 radical (unpaired) electrons. The van der Waals surface area contributed by atoms with Crippen LogP contribution in [0.3, 0.4) is 0 Å². The average Bonchev–Trinajstić information content (AvgIpc) is 3.00. The molecule has 1 amide bonds. The standard InChI is InChI=1S/C17H20ClN3O3/c1-12-3-2-4-13(7-12)8-17(11-22)10-21(5-6-24-17)16(23)15-14(18)9-19-20-15/h2-4,7,9,22H,5-6,8,10-11H2,1H3,(H,19,20)/t17-/m1/s1. The lowest BCUT2D eigenvalue weighted by Gasteiger charge is -2.41. The van der Waals surface area contributed by atoms with Crippen molar-refractivity contribution in [2.24, 2.45) is 0 Å². The van der Waals surface area contributed by atoms with Gasteiger partial charge in [0.25, 0.3) is 5.91 Å². The summed E-state index contributed by atoms with van der Waals surface area (Å²) < 4.78 is 5.88. The summed E-state index contributed by atoms with van der Waals surface area (Å²) in [6.45, 7) is 2.97. The topological polar surface area (TPSA) is 78.5 Å². The van der Waals surface area contributed by atoms with Gasteiger partial charge in [-0.1, -0.05) is 41.4 Å². The summed E-state index contributed by atoms with van der Waals surface area (Å²) in [5.41, 5.74) is 1.67. The highest BCUT2D eigenvalue weighted by atomic mass is 35.5. The molecule has 0 bridgehead atoms.